The lowest BCUT2D eigenvalue weighted by atomic mass is 9.79. The van der Waals surface area contributed by atoms with E-state index < -0.39 is 0 Å². The van der Waals surface area contributed by atoms with E-state index in [0.717, 1.165) is 70.2 Å². The van der Waals surface area contributed by atoms with E-state index in [1.165, 1.54) is 6.42 Å². The van der Waals surface area contributed by atoms with Gasteiger partial charge in [-0.05, 0) is 74.0 Å². The number of carbonyl (C=O) groups excluding carboxylic acids is 2. The second kappa shape index (κ2) is 10.1. The van der Waals surface area contributed by atoms with E-state index in [1.807, 2.05) is 23.1 Å². The van der Waals surface area contributed by atoms with E-state index in [0.29, 0.717) is 42.7 Å². The highest BCUT2D eigenvalue weighted by atomic mass is 16.5. The Labute approximate surface area is 218 Å². The predicted octanol–water partition coefficient (Wildman–Crippen LogP) is 3.15. The molecule has 2 saturated heterocycles. The van der Waals surface area contributed by atoms with E-state index >= 15 is 0 Å². The standard InChI is InChI=1S/C29H37N5O3/c1-2-3-9-29(17-21-16-22(21)18-29)20-30-27(35)25-5-4-6-26-31-24(19-34(25)26)28(36)33-12-10-32(11-13-33)23-7-14-37-15-8-23/h3-6,19,21-23H,1,7-18,20H2,(H,30,35). The number of nitrogens with one attached hydrogen (secondary N) is 1. The molecule has 1 N–H and O–H groups in total. The molecule has 6 rings (SSSR count). The number of piperazine rings is 1. The van der Waals surface area contributed by atoms with Crippen LogP contribution in [0.1, 0.15) is 59.5 Å². The van der Waals surface area contributed by atoms with Gasteiger partial charge in [0.15, 0.2) is 0 Å². The van der Waals surface area contributed by atoms with Crippen molar-refractivity contribution in [3.05, 3.63) is 54.2 Å². The molecule has 4 fully saturated rings. The molecule has 8 heteroatoms. The summed E-state index contributed by atoms with van der Waals surface area (Å²) in [7, 11) is 0. The van der Waals surface area contributed by atoms with Crippen molar-refractivity contribution < 1.29 is 14.3 Å². The van der Waals surface area contributed by atoms with Gasteiger partial charge in [-0.3, -0.25) is 18.9 Å². The molecule has 2 aromatic heterocycles. The molecule has 8 nitrogen and oxygen atoms in total. The summed E-state index contributed by atoms with van der Waals surface area (Å²) in [6.07, 6.45) is 10.4. The van der Waals surface area contributed by atoms with Crippen LogP contribution < -0.4 is 5.32 Å². The Morgan fingerprint density at radius 3 is 2.65 bits per heavy atom. The van der Waals surface area contributed by atoms with Crippen LogP contribution in [0, 0.1) is 17.3 Å². The Hall–Kier alpha value is -2.93. The van der Waals surface area contributed by atoms with E-state index in [9.17, 15) is 9.59 Å². The van der Waals surface area contributed by atoms with Gasteiger partial charge < -0.3 is 15.0 Å². The minimum absolute atomic E-state index is 0.0676. The molecule has 2 amide bonds. The molecule has 0 spiro atoms. The summed E-state index contributed by atoms with van der Waals surface area (Å²) in [6.45, 7) is 9.16. The Bertz CT molecular complexity index is 1210. The molecule has 2 atom stereocenters. The zero-order valence-electron chi connectivity index (χ0n) is 21.5. The predicted molar refractivity (Wildman–Crippen MR) is 140 cm³/mol. The fourth-order valence-corrected chi connectivity index (χ4v) is 6.84. The quantitative estimate of drug-likeness (QED) is 0.588. The molecule has 0 bridgehead atoms. The summed E-state index contributed by atoms with van der Waals surface area (Å²) < 4.78 is 7.25. The van der Waals surface area contributed by atoms with Crippen molar-refractivity contribution in [3.8, 4) is 0 Å². The van der Waals surface area contributed by atoms with Crippen molar-refractivity contribution in [2.24, 2.45) is 17.3 Å². The van der Waals surface area contributed by atoms with Crippen LogP contribution in [0.5, 0.6) is 0 Å². The third-order valence-corrected chi connectivity index (χ3v) is 9.02. The van der Waals surface area contributed by atoms with Crippen LogP contribution in [0.3, 0.4) is 0 Å². The summed E-state index contributed by atoms with van der Waals surface area (Å²) in [5.41, 5.74) is 4.52. The number of rotatable bonds is 7. The Morgan fingerprint density at radius 2 is 1.92 bits per heavy atom. The van der Waals surface area contributed by atoms with Crippen LogP contribution in [-0.2, 0) is 4.74 Å². The molecule has 0 aromatic carbocycles. The van der Waals surface area contributed by atoms with Gasteiger partial charge in [-0.1, -0.05) is 12.6 Å². The Kier molecular flexibility index (Phi) is 6.65. The van der Waals surface area contributed by atoms with Gasteiger partial charge in [0.1, 0.15) is 17.0 Å². The maximum atomic E-state index is 13.3. The Morgan fingerprint density at radius 1 is 1.16 bits per heavy atom. The minimum Gasteiger partial charge on any atom is -0.381 e. The fourth-order valence-electron chi connectivity index (χ4n) is 6.84. The number of pyridine rings is 1. The summed E-state index contributed by atoms with van der Waals surface area (Å²) in [5, 5.41) is 3.20. The highest BCUT2D eigenvalue weighted by molar-refractivity contribution is 5.95. The van der Waals surface area contributed by atoms with Crippen LogP contribution in [0.25, 0.3) is 5.65 Å². The van der Waals surface area contributed by atoms with E-state index in [4.69, 9.17) is 4.74 Å². The summed E-state index contributed by atoms with van der Waals surface area (Å²) in [6, 6.07) is 6.04. The van der Waals surface area contributed by atoms with Gasteiger partial charge in [0.05, 0.1) is 0 Å². The number of hydrogen-bond acceptors (Lipinski definition) is 5. The molecule has 196 valence electrons. The number of aromatic nitrogens is 2. The molecule has 2 aliphatic heterocycles. The first kappa shape index (κ1) is 24.4. The van der Waals surface area contributed by atoms with Crippen LogP contribution in [0.4, 0.5) is 0 Å². The number of amides is 2. The normalized spacial score (nSPS) is 28.1. The first-order valence-corrected chi connectivity index (χ1v) is 13.8. The molecule has 37 heavy (non-hydrogen) atoms. The van der Waals surface area contributed by atoms with Gasteiger partial charge in [-0.15, -0.1) is 5.73 Å². The average Bonchev–Trinajstić information content (AvgIpc) is 3.34. The Balaban J connectivity index is 1.12. The highest BCUT2D eigenvalue weighted by Crippen LogP contribution is 2.61. The third kappa shape index (κ3) is 4.98. The van der Waals surface area contributed by atoms with E-state index in [2.05, 4.69) is 27.5 Å². The molecule has 2 aliphatic carbocycles. The summed E-state index contributed by atoms with van der Waals surface area (Å²) in [4.78, 5) is 35.6. The largest absolute Gasteiger partial charge is 0.381 e. The van der Waals surface area contributed by atoms with Crippen molar-refractivity contribution in [2.75, 3.05) is 45.9 Å². The number of carbonyl (C=O) groups is 2. The van der Waals surface area contributed by atoms with Crippen molar-refractivity contribution in [2.45, 2.75) is 44.6 Å². The lowest BCUT2D eigenvalue weighted by molar-refractivity contribution is 0.0136. The number of nitrogens with zero attached hydrogens (tertiary/aromatic N) is 4. The molecular weight excluding hydrogens is 466 g/mol. The van der Waals surface area contributed by atoms with Crippen LogP contribution in [-0.4, -0.2) is 83.0 Å². The summed E-state index contributed by atoms with van der Waals surface area (Å²) in [5.74, 6) is 1.44. The fraction of sp³-hybridized carbons (Fsp3) is 0.586. The lowest BCUT2D eigenvalue weighted by Crippen LogP contribution is -2.53. The zero-order valence-corrected chi connectivity index (χ0v) is 21.5. The third-order valence-electron chi connectivity index (χ3n) is 9.02. The molecule has 0 radical (unpaired) electrons. The van der Waals surface area contributed by atoms with Gasteiger partial charge in [0.2, 0.25) is 0 Å². The van der Waals surface area contributed by atoms with Crippen LogP contribution in [0.2, 0.25) is 0 Å². The number of ether oxygens (including phenoxy) is 1. The van der Waals surface area contributed by atoms with Crippen molar-refractivity contribution in [3.63, 3.8) is 0 Å². The smallest absolute Gasteiger partial charge is 0.274 e. The van der Waals surface area contributed by atoms with Crippen LogP contribution >= 0.6 is 0 Å². The number of imidazole rings is 1. The van der Waals surface area contributed by atoms with E-state index in [-0.39, 0.29) is 17.2 Å². The van der Waals surface area contributed by atoms with E-state index in [1.54, 1.807) is 16.7 Å². The van der Waals surface area contributed by atoms with Gasteiger partial charge in [0.25, 0.3) is 11.8 Å². The van der Waals surface area contributed by atoms with Gasteiger partial charge in [-0.25, -0.2) is 4.98 Å². The highest BCUT2D eigenvalue weighted by Gasteiger charge is 2.53. The number of allylic oxidation sites excluding steroid dienone is 1. The minimum atomic E-state index is -0.130. The van der Waals surface area contributed by atoms with Crippen LogP contribution in [0.15, 0.2) is 42.8 Å². The van der Waals surface area contributed by atoms with Gasteiger partial charge >= 0.3 is 0 Å². The molecule has 4 aliphatic rings. The van der Waals surface area contributed by atoms with Crippen molar-refractivity contribution in [1.29, 1.82) is 0 Å². The first-order chi connectivity index (χ1) is 18.0. The zero-order chi connectivity index (χ0) is 25.4. The second-order valence-electron chi connectivity index (χ2n) is 11.4. The number of hydrogen-bond donors (Lipinski definition) is 1. The molecule has 4 heterocycles. The molecule has 2 unspecified atom stereocenters. The molecular formula is C29H37N5O3. The SMILES string of the molecule is C=C=CCC1(CNC(=O)c2cccc3nc(C(=O)N4CCN(C5CCOCC5)CC4)cn23)CC2CC2C1. The molecule has 2 saturated carbocycles. The monoisotopic (exact) mass is 503 g/mol. The first-order valence-electron chi connectivity index (χ1n) is 13.8. The average molecular weight is 504 g/mol. The maximum Gasteiger partial charge on any atom is 0.274 e. The number of fused-ring (bicyclic) bond motifs is 2. The topological polar surface area (TPSA) is 79.2 Å². The second-order valence-corrected chi connectivity index (χ2v) is 11.4. The van der Waals surface area contributed by atoms with Crippen molar-refractivity contribution >= 4 is 17.5 Å². The van der Waals surface area contributed by atoms with Gasteiger partial charge in [0, 0.05) is 58.2 Å². The summed E-state index contributed by atoms with van der Waals surface area (Å²) >= 11 is 0. The van der Waals surface area contributed by atoms with Crippen molar-refractivity contribution in [1.82, 2.24) is 24.5 Å². The maximum absolute atomic E-state index is 13.3. The lowest BCUT2D eigenvalue weighted by Gasteiger charge is -2.40. The molecule has 2 aromatic rings. The van der Waals surface area contributed by atoms with Gasteiger partial charge in [-0.2, -0.15) is 0 Å².